The molecule has 5 heteroatoms. The summed E-state index contributed by atoms with van der Waals surface area (Å²) >= 11 is 0. The Balaban J connectivity index is 1.28. The lowest BCUT2D eigenvalue weighted by atomic mass is 9.86. The number of benzene rings is 2. The molecule has 1 aromatic heterocycles. The van der Waals surface area contributed by atoms with Crippen molar-refractivity contribution < 1.29 is 4.79 Å². The van der Waals surface area contributed by atoms with Crippen LogP contribution in [0.3, 0.4) is 0 Å². The lowest BCUT2D eigenvalue weighted by Crippen LogP contribution is -2.42. The number of aryl methyl sites for hydroxylation is 1. The first-order valence-electron chi connectivity index (χ1n) is 12.1. The summed E-state index contributed by atoms with van der Waals surface area (Å²) in [5.74, 6) is 1.90. The van der Waals surface area contributed by atoms with Gasteiger partial charge in [0.1, 0.15) is 5.82 Å². The summed E-state index contributed by atoms with van der Waals surface area (Å²) in [5, 5.41) is 0. The monoisotopic (exact) mass is 430 g/mol. The maximum atomic E-state index is 13.2. The highest BCUT2D eigenvalue weighted by Gasteiger charge is 2.34. The second-order valence-corrected chi connectivity index (χ2v) is 9.81. The molecule has 0 spiro atoms. The van der Waals surface area contributed by atoms with Crippen LogP contribution in [0.2, 0.25) is 0 Å². The summed E-state index contributed by atoms with van der Waals surface area (Å²) < 4.78 is 2.15. The van der Waals surface area contributed by atoms with Gasteiger partial charge >= 0.3 is 0 Å². The predicted molar refractivity (Wildman–Crippen MR) is 129 cm³/mol. The number of fused-ring (bicyclic) bond motifs is 1. The molecule has 5 rings (SSSR count). The van der Waals surface area contributed by atoms with E-state index in [9.17, 15) is 4.79 Å². The van der Waals surface area contributed by atoms with E-state index in [-0.39, 0.29) is 5.91 Å². The lowest BCUT2D eigenvalue weighted by Gasteiger charge is -2.34. The molecule has 1 saturated carbocycles. The van der Waals surface area contributed by atoms with Gasteiger partial charge < -0.3 is 4.90 Å². The average Bonchev–Trinajstić information content (AvgIpc) is 3.42. The molecular weight excluding hydrogens is 396 g/mol. The van der Waals surface area contributed by atoms with Gasteiger partial charge in [0, 0.05) is 43.5 Å². The molecule has 2 aliphatic rings. The smallest absolute Gasteiger partial charge is 0.253 e. The van der Waals surface area contributed by atoms with Gasteiger partial charge in [0.05, 0.1) is 11.0 Å². The third-order valence-corrected chi connectivity index (χ3v) is 7.59. The summed E-state index contributed by atoms with van der Waals surface area (Å²) in [4.78, 5) is 22.5. The second-order valence-electron chi connectivity index (χ2n) is 9.81. The molecular formula is C27H34N4O. The third-order valence-electron chi connectivity index (χ3n) is 7.59. The van der Waals surface area contributed by atoms with Crippen molar-refractivity contribution in [1.82, 2.24) is 19.4 Å². The number of imidazole rings is 1. The quantitative estimate of drug-likeness (QED) is 0.581. The molecule has 3 atom stereocenters. The van der Waals surface area contributed by atoms with Crippen LogP contribution in [0, 0.1) is 12.8 Å². The van der Waals surface area contributed by atoms with Gasteiger partial charge in [-0.05, 0) is 68.5 Å². The van der Waals surface area contributed by atoms with Gasteiger partial charge in [-0.1, -0.05) is 31.9 Å². The molecule has 2 aromatic carbocycles. The normalized spacial score (nSPS) is 24.2. The van der Waals surface area contributed by atoms with Gasteiger partial charge in [0.25, 0.3) is 5.91 Å². The van der Waals surface area contributed by atoms with E-state index >= 15 is 0 Å². The van der Waals surface area contributed by atoms with E-state index in [0.717, 1.165) is 53.5 Å². The molecule has 3 aromatic rings. The molecule has 2 fully saturated rings. The first-order chi connectivity index (χ1) is 15.5. The number of hydrogen-bond acceptors (Lipinski definition) is 3. The standard InChI is InChI=1S/C27H34N4O/c1-19-7-6-8-23(17-19)30-16-15-24(18-30)29(3)27(32)21-11-13-22(14-12-21)31-20(2)28-25-9-4-5-10-26(25)31/h4-5,9-14,19,23-24H,6-8,15-18H2,1-3H3/t19?,23?,24-/m0/s1. The van der Waals surface area contributed by atoms with E-state index < -0.39 is 0 Å². The molecule has 0 bridgehead atoms. The fraction of sp³-hybridized carbons (Fsp3) is 0.481. The number of likely N-dealkylation sites (tertiary alicyclic amines) is 1. The molecule has 2 heterocycles. The number of carbonyl (C=O) groups is 1. The summed E-state index contributed by atoms with van der Waals surface area (Å²) in [6.07, 6.45) is 6.43. The van der Waals surface area contributed by atoms with Gasteiger partial charge in [-0.15, -0.1) is 0 Å². The van der Waals surface area contributed by atoms with Crippen LogP contribution in [0.15, 0.2) is 48.5 Å². The van der Waals surface area contributed by atoms with E-state index in [1.165, 1.54) is 25.7 Å². The van der Waals surface area contributed by atoms with Gasteiger partial charge in [0.2, 0.25) is 0 Å². The van der Waals surface area contributed by atoms with Crippen LogP contribution in [-0.2, 0) is 0 Å². The Morgan fingerprint density at radius 3 is 2.62 bits per heavy atom. The molecule has 32 heavy (non-hydrogen) atoms. The molecule has 1 amide bonds. The number of amides is 1. The minimum absolute atomic E-state index is 0.118. The lowest BCUT2D eigenvalue weighted by molar-refractivity contribution is 0.0723. The van der Waals surface area contributed by atoms with Crippen LogP contribution >= 0.6 is 0 Å². The Hall–Kier alpha value is -2.66. The molecule has 5 nitrogen and oxygen atoms in total. The largest absolute Gasteiger partial charge is 0.337 e. The van der Waals surface area contributed by atoms with E-state index in [0.29, 0.717) is 12.1 Å². The fourth-order valence-electron chi connectivity index (χ4n) is 5.74. The maximum absolute atomic E-state index is 13.2. The van der Waals surface area contributed by atoms with Crippen molar-refractivity contribution in [3.05, 3.63) is 59.9 Å². The number of hydrogen-bond donors (Lipinski definition) is 0. The summed E-state index contributed by atoms with van der Waals surface area (Å²) in [6, 6.07) is 17.2. The summed E-state index contributed by atoms with van der Waals surface area (Å²) in [5.41, 5.74) is 3.87. The Morgan fingerprint density at radius 2 is 1.84 bits per heavy atom. The van der Waals surface area contributed by atoms with Gasteiger partial charge in [0.15, 0.2) is 0 Å². The van der Waals surface area contributed by atoms with E-state index in [2.05, 4.69) is 27.4 Å². The Labute approximate surface area is 191 Å². The third kappa shape index (κ3) is 3.95. The zero-order valence-electron chi connectivity index (χ0n) is 19.5. The zero-order chi connectivity index (χ0) is 22.2. The first-order valence-corrected chi connectivity index (χ1v) is 12.1. The molecule has 1 aliphatic heterocycles. The van der Waals surface area contributed by atoms with Crippen molar-refractivity contribution in [2.45, 2.75) is 58.0 Å². The minimum atomic E-state index is 0.118. The fourth-order valence-corrected chi connectivity index (χ4v) is 5.74. The highest BCUT2D eigenvalue weighted by atomic mass is 16.2. The SMILES string of the molecule is Cc1nc2ccccc2n1-c1ccc(C(=O)N(C)[C@H]2CCN(C3CCCC(C)C3)C2)cc1. The number of likely N-dealkylation sites (N-methyl/N-ethyl adjacent to an activating group) is 1. The van der Waals surface area contributed by atoms with Crippen molar-refractivity contribution in [3.63, 3.8) is 0 Å². The van der Waals surface area contributed by atoms with Crippen molar-refractivity contribution in [3.8, 4) is 5.69 Å². The summed E-state index contributed by atoms with van der Waals surface area (Å²) in [6.45, 7) is 6.53. The number of aromatic nitrogens is 2. The van der Waals surface area contributed by atoms with Crippen molar-refractivity contribution in [2.24, 2.45) is 5.92 Å². The van der Waals surface area contributed by atoms with E-state index in [1.807, 2.05) is 61.3 Å². The molecule has 0 radical (unpaired) electrons. The Bertz CT molecular complexity index is 1100. The van der Waals surface area contributed by atoms with Crippen molar-refractivity contribution in [2.75, 3.05) is 20.1 Å². The van der Waals surface area contributed by atoms with Crippen molar-refractivity contribution >= 4 is 16.9 Å². The molecule has 2 unspecified atom stereocenters. The van der Waals surface area contributed by atoms with Crippen LogP contribution in [0.5, 0.6) is 0 Å². The van der Waals surface area contributed by atoms with Crippen LogP contribution < -0.4 is 0 Å². The number of carbonyl (C=O) groups excluding carboxylic acids is 1. The van der Waals surface area contributed by atoms with Crippen LogP contribution in [0.25, 0.3) is 16.7 Å². The van der Waals surface area contributed by atoms with Gasteiger partial charge in [-0.25, -0.2) is 4.98 Å². The Kier molecular flexibility index (Phi) is 5.76. The predicted octanol–water partition coefficient (Wildman–Crippen LogP) is 5.06. The highest BCUT2D eigenvalue weighted by molar-refractivity contribution is 5.94. The molecule has 1 aliphatic carbocycles. The van der Waals surface area contributed by atoms with E-state index in [4.69, 9.17) is 0 Å². The molecule has 0 N–H and O–H groups in total. The molecule has 1 saturated heterocycles. The van der Waals surface area contributed by atoms with Crippen LogP contribution in [-0.4, -0.2) is 57.5 Å². The minimum Gasteiger partial charge on any atom is -0.337 e. The Morgan fingerprint density at radius 1 is 1.06 bits per heavy atom. The average molecular weight is 431 g/mol. The number of rotatable bonds is 4. The van der Waals surface area contributed by atoms with Crippen molar-refractivity contribution in [1.29, 1.82) is 0 Å². The van der Waals surface area contributed by atoms with E-state index in [1.54, 1.807) is 0 Å². The van der Waals surface area contributed by atoms with Crippen LogP contribution in [0.4, 0.5) is 0 Å². The van der Waals surface area contributed by atoms with Gasteiger partial charge in [-0.3, -0.25) is 14.3 Å². The maximum Gasteiger partial charge on any atom is 0.253 e. The second kappa shape index (κ2) is 8.70. The van der Waals surface area contributed by atoms with Crippen LogP contribution in [0.1, 0.15) is 55.2 Å². The summed E-state index contributed by atoms with van der Waals surface area (Å²) in [7, 11) is 1.97. The number of para-hydroxylation sites is 2. The van der Waals surface area contributed by atoms with Gasteiger partial charge in [-0.2, -0.15) is 0 Å². The molecule has 168 valence electrons. The number of nitrogens with zero attached hydrogens (tertiary/aromatic N) is 4. The highest BCUT2D eigenvalue weighted by Crippen LogP contribution is 2.30. The first kappa shape index (κ1) is 21.2. The topological polar surface area (TPSA) is 41.4 Å². The zero-order valence-corrected chi connectivity index (χ0v) is 19.5.